The number of aromatic carboxylic acids is 1. The molecule has 0 fully saturated rings. The summed E-state index contributed by atoms with van der Waals surface area (Å²) in [5.41, 5.74) is 1.69. The molecule has 0 aliphatic carbocycles. The van der Waals surface area contributed by atoms with Gasteiger partial charge in [0.25, 0.3) is 0 Å². The normalized spacial score (nSPS) is 10.8. The number of ether oxygens (including phenoxy) is 1. The van der Waals surface area contributed by atoms with Gasteiger partial charge < -0.3 is 9.84 Å². The van der Waals surface area contributed by atoms with E-state index >= 15 is 0 Å². The van der Waals surface area contributed by atoms with Crippen LogP contribution in [-0.4, -0.2) is 28.0 Å². The van der Waals surface area contributed by atoms with E-state index < -0.39 is 5.97 Å². The van der Waals surface area contributed by atoms with Gasteiger partial charge in [-0.1, -0.05) is 0 Å². The maximum absolute atomic E-state index is 11.1. The van der Waals surface area contributed by atoms with Gasteiger partial charge in [0.15, 0.2) is 5.69 Å². The lowest BCUT2D eigenvalue weighted by Crippen LogP contribution is -2.06. The average molecular weight is 339 g/mol. The molecule has 2 aromatic rings. The topological polar surface area (TPSA) is 64.3 Å². The summed E-state index contributed by atoms with van der Waals surface area (Å²) in [6.07, 6.45) is 0. The molecule has 1 N–H and O–H groups in total. The van der Waals surface area contributed by atoms with Crippen molar-refractivity contribution in [3.8, 4) is 17.0 Å². The molecule has 5 nitrogen and oxygen atoms in total. The molecule has 1 aromatic heterocycles. The highest BCUT2D eigenvalue weighted by molar-refractivity contribution is 9.10. The van der Waals surface area contributed by atoms with Gasteiger partial charge in [-0.25, -0.2) is 4.79 Å². The van der Waals surface area contributed by atoms with Crippen molar-refractivity contribution < 1.29 is 14.6 Å². The van der Waals surface area contributed by atoms with Crippen LogP contribution in [0.4, 0.5) is 0 Å². The van der Waals surface area contributed by atoms with E-state index in [4.69, 9.17) is 9.84 Å². The number of hydrogen-bond donors (Lipinski definition) is 1. The van der Waals surface area contributed by atoms with E-state index in [-0.39, 0.29) is 11.7 Å². The molecule has 0 amide bonds. The zero-order chi connectivity index (χ0) is 14.9. The van der Waals surface area contributed by atoms with Gasteiger partial charge in [0.2, 0.25) is 0 Å². The van der Waals surface area contributed by atoms with E-state index in [1.54, 1.807) is 17.9 Å². The molecule has 0 radical (unpaired) electrons. The third kappa shape index (κ3) is 2.70. The van der Waals surface area contributed by atoms with Crippen molar-refractivity contribution in [2.24, 2.45) is 0 Å². The fraction of sp³-hybridized carbons (Fsp3) is 0.286. The van der Waals surface area contributed by atoms with Crippen molar-refractivity contribution in [3.05, 3.63) is 34.4 Å². The summed E-state index contributed by atoms with van der Waals surface area (Å²) in [6.45, 7) is 3.92. The molecular weight excluding hydrogens is 324 g/mol. The number of carbonyl (C=O) groups is 1. The van der Waals surface area contributed by atoms with E-state index in [1.807, 2.05) is 32.0 Å². The van der Waals surface area contributed by atoms with Gasteiger partial charge >= 0.3 is 5.97 Å². The predicted molar refractivity (Wildman–Crippen MR) is 79.3 cm³/mol. The van der Waals surface area contributed by atoms with Crippen LogP contribution in [0.25, 0.3) is 11.3 Å². The number of methoxy groups -OCH3 is 1. The first-order valence-electron chi connectivity index (χ1n) is 6.10. The summed E-state index contributed by atoms with van der Waals surface area (Å²) in [5, 5.41) is 13.2. The lowest BCUT2D eigenvalue weighted by molar-refractivity contribution is 0.0689. The Kier molecular flexibility index (Phi) is 4.13. The van der Waals surface area contributed by atoms with Crippen molar-refractivity contribution in [1.82, 2.24) is 9.78 Å². The summed E-state index contributed by atoms with van der Waals surface area (Å²) in [6, 6.07) is 7.25. The lowest BCUT2D eigenvalue weighted by Gasteiger charge is -2.12. The van der Waals surface area contributed by atoms with E-state index in [1.165, 1.54) is 0 Å². The van der Waals surface area contributed by atoms with Crippen molar-refractivity contribution in [2.75, 3.05) is 7.11 Å². The van der Waals surface area contributed by atoms with Gasteiger partial charge in [0.05, 0.1) is 17.3 Å². The summed E-state index contributed by atoms with van der Waals surface area (Å²) < 4.78 is 7.71. The van der Waals surface area contributed by atoms with Gasteiger partial charge in [-0.3, -0.25) is 4.68 Å². The minimum atomic E-state index is -1.03. The minimum absolute atomic E-state index is 0.0423. The molecule has 2 rings (SSSR count). The highest BCUT2D eigenvalue weighted by Crippen LogP contribution is 2.31. The molecule has 0 saturated carbocycles. The fourth-order valence-electron chi connectivity index (χ4n) is 1.93. The second-order valence-electron chi connectivity index (χ2n) is 4.61. The Labute approximate surface area is 125 Å². The van der Waals surface area contributed by atoms with Crippen LogP contribution >= 0.6 is 15.9 Å². The highest BCUT2D eigenvalue weighted by Gasteiger charge is 2.17. The molecule has 1 heterocycles. The first kappa shape index (κ1) is 14.6. The van der Waals surface area contributed by atoms with Gasteiger partial charge in [0, 0.05) is 11.6 Å². The second kappa shape index (κ2) is 5.66. The Morgan fingerprint density at radius 1 is 1.40 bits per heavy atom. The Hall–Kier alpha value is -1.82. The van der Waals surface area contributed by atoms with Crippen LogP contribution in [-0.2, 0) is 0 Å². The zero-order valence-electron chi connectivity index (χ0n) is 11.4. The quantitative estimate of drug-likeness (QED) is 0.924. The standard InChI is InChI=1S/C14H15BrN2O3/c1-8(2)17-12(7-11(16-17)14(18)19)9-4-5-13(20-3)10(15)6-9/h4-8H,1-3H3,(H,18,19). The van der Waals surface area contributed by atoms with Crippen LogP contribution in [0.3, 0.4) is 0 Å². The van der Waals surface area contributed by atoms with Crippen LogP contribution in [0.1, 0.15) is 30.4 Å². The fourth-order valence-corrected chi connectivity index (χ4v) is 2.47. The molecule has 0 unspecified atom stereocenters. The summed E-state index contributed by atoms with van der Waals surface area (Å²) in [5.74, 6) is -0.305. The number of hydrogen-bond acceptors (Lipinski definition) is 3. The molecule has 1 aromatic carbocycles. The van der Waals surface area contributed by atoms with Crippen molar-refractivity contribution in [2.45, 2.75) is 19.9 Å². The van der Waals surface area contributed by atoms with Crippen LogP contribution in [0.5, 0.6) is 5.75 Å². The first-order chi connectivity index (χ1) is 9.43. The first-order valence-corrected chi connectivity index (χ1v) is 6.90. The number of carboxylic acids is 1. The smallest absolute Gasteiger partial charge is 0.356 e. The van der Waals surface area contributed by atoms with Gasteiger partial charge in [-0.05, 0) is 54.0 Å². The summed E-state index contributed by atoms with van der Waals surface area (Å²) in [4.78, 5) is 11.1. The number of aromatic nitrogens is 2. The number of carboxylic acid groups (broad SMARTS) is 1. The predicted octanol–water partition coefficient (Wildman–Crippen LogP) is 3.60. The summed E-state index contributed by atoms with van der Waals surface area (Å²) in [7, 11) is 1.60. The van der Waals surface area contributed by atoms with E-state index in [9.17, 15) is 4.79 Å². The monoisotopic (exact) mass is 338 g/mol. The van der Waals surface area contributed by atoms with Gasteiger partial charge in [0.1, 0.15) is 5.75 Å². The Bertz CT molecular complexity index is 650. The largest absolute Gasteiger partial charge is 0.496 e. The number of nitrogens with zero attached hydrogens (tertiary/aromatic N) is 2. The van der Waals surface area contributed by atoms with Crippen LogP contribution in [0.15, 0.2) is 28.7 Å². The van der Waals surface area contributed by atoms with Crippen LogP contribution < -0.4 is 4.74 Å². The molecule has 0 saturated heterocycles. The number of rotatable bonds is 4. The highest BCUT2D eigenvalue weighted by atomic mass is 79.9. The molecule has 0 aliphatic heterocycles. The molecule has 0 aliphatic rings. The second-order valence-corrected chi connectivity index (χ2v) is 5.46. The maximum atomic E-state index is 11.1. The minimum Gasteiger partial charge on any atom is -0.496 e. The molecule has 106 valence electrons. The Balaban J connectivity index is 2.56. The van der Waals surface area contributed by atoms with E-state index in [2.05, 4.69) is 21.0 Å². The Morgan fingerprint density at radius 2 is 2.10 bits per heavy atom. The third-order valence-electron chi connectivity index (χ3n) is 2.89. The average Bonchev–Trinajstić information content (AvgIpc) is 2.84. The number of benzene rings is 1. The van der Waals surface area contributed by atoms with Gasteiger partial charge in [-0.2, -0.15) is 5.10 Å². The maximum Gasteiger partial charge on any atom is 0.356 e. The van der Waals surface area contributed by atoms with E-state index in [0.29, 0.717) is 0 Å². The van der Waals surface area contributed by atoms with Gasteiger partial charge in [-0.15, -0.1) is 0 Å². The van der Waals surface area contributed by atoms with Crippen LogP contribution in [0, 0.1) is 0 Å². The van der Waals surface area contributed by atoms with E-state index in [0.717, 1.165) is 21.5 Å². The third-order valence-corrected chi connectivity index (χ3v) is 3.51. The molecular formula is C14H15BrN2O3. The van der Waals surface area contributed by atoms with Crippen molar-refractivity contribution in [3.63, 3.8) is 0 Å². The SMILES string of the molecule is COc1ccc(-c2cc(C(=O)O)nn2C(C)C)cc1Br. The van der Waals surface area contributed by atoms with Crippen LogP contribution in [0.2, 0.25) is 0 Å². The summed E-state index contributed by atoms with van der Waals surface area (Å²) >= 11 is 3.43. The van der Waals surface area contributed by atoms with Crippen molar-refractivity contribution in [1.29, 1.82) is 0 Å². The molecule has 0 atom stereocenters. The Morgan fingerprint density at radius 3 is 2.60 bits per heavy atom. The molecule has 20 heavy (non-hydrogen) atoms. The zero-order valence-corrected chi connectivity index (χ0v) is 13.0. The molecule has 0 bridgehead atoms. The molecule has 6 heteroatoms. The number of halogens is 1. The van der Waals surface area contributed by atoms with Crippen molar-refractivity contribution >= 4 is 21.9 Å². The lowest BCUT2D eigenvalue weighted by atomic mass is 10.1. The molecule has 0 spiro atoms.